The van der Waals surface area contributed by atoms with Crippen LogP contribution in [0.3, 0.4) is 0 Å². The molecule has 0 saturated carbocycles. The average molecular weight is 359 g/mol. The molecule has 0 bridgehead atoms. The van der Waals surface area contributed by atoms with Gasteiger partial charge in [0, 0.05) is 36.7 Å². The van der Waals surface area contributed by atoms with Crippen molar-refractivity contribution < 1.29 is 4.79 Å². The van der Waals surface area contributed by atoms with Gasteiger partial charge >= 0.3 is 0 Å². The number of rotatable bonds is 7. The van der Waals surface area contributed by atoms with E-state index in [1.165, 1.54) is 0 Å². The van der Waals surface area contributed by atoms with E-state index in [0.29, 0.717) is 12.1 Å². The van der Waals surface area contributed by atoms with Gasteiger partial charge in [-0.2, -0.15) is 0 Å². The third-order valence-electron chi connectivity index (χ3n) is 3.54. The maximum Gasteiger partial charge on any atom is 0.251 e. The molecule has 0 spiro atoms. The summed E-state index contributed by atoms with van der Waals surface area (Å²) < 4.78 is 1.90. The molecule has 1 aromatic heterocycles. The van der Waals surface area contributed by atoms with Crippen LogP contribution < -0.4 is 5.32 Å². The molecule has 23 heavy (non-hydrogen) atoms. The predicted molar refractivity (Wildman–Crippen MR) is 98.2 cm³/mol. The van der Waals surface area contributed by atoms with Crippen molar-refractivity contribution >= 4 is 30.7 Å². The van der Waals surface area contributed by atoms with E-state index in [1.54, 1.807) is 12.5 Å². The summed E-state index contributed by atoms with van der Waals surface area (Å²) in [6.07, 6.45) is 5.34. The van der Waals surface area contributed by atoms with Crippen molar-refractivity contribution in [2.45, 2.75) is 13.8 Å². The highest BCUT2D eigenvalue weighted by Crippen LogP contribution is 2.09. The number of hydrogen-bond acceptors (Lipinski definition) is 3. The van der Waals surface area contributed by atoms with Crippen LogP contribution in [0.1, 0.15) is 24.2 Å². The zero-order valence-corrected chi connectivity index (χ0v) is 15.1. The van der Waals surface area contributed by atoms with Crippen molar-refractivity contribution in [2.75, 3.05) is 26.2 Å². The monoisotopic (exact) mass is 358 g/mol. The Morgan fingerprint density at radius 3 is 2.35 bits per heavy atom. The third kappa shape index (κ3) is 6.22. The summed E-state index contributed by atoms with van der Waals surface area (Å²) in [7, 11) is 0. The Morgan fingerprint density at radius 1 is 1.17 bits per heavy atom. The second-order valence-corrected chi connectivity index (χ2v) is 4.80. The number of benzene rings is 1. The van der Waals surface area contributed by atoms with E-state index in [-0.39, 0.29) is 30.7 Å². The van der Waals surface area contributed by atoms with Crippen LogP contribution in [0.5, 0.6) is 0 Å². The van der Waals surface area contributed by atoms with E-state index in [2.05, 4.69) is 29.0 Å². The van der Waals surface area contributed by atoms with Gasteiger partial charge in [-0.25, -0.2) is 4.98 Å². The number of nitrogens with one attached hydrogen (secondary N) is 1. The molecular weight excluding hydrogens is 335 g/mol. The summed E-state index contributed by atoms with van der Waals surface area (Å²) in [6.45, 7) is 7.81. The van der Waals surface area contributed by atoms with Crippen LogP contribution in [-0.2, 0) is 0 Å². The molecule has 1 aromatic carbocycles. The zero-order chi connectivity index (χ0) is 15.1. The van der Waals surface area contributed by atoms with Crippen molar-refractivity contribution in [2.24, 2.45) is 0 Å². The van der Waals surface area contributed by atoms with Gasteiger partial charge in [0.1, 0.15) is 0 Å². The molecule has 0 aliphatic carbocycles. The molecular formula is C16H24Cl2N4O. The van der Waals surface area contributed by atoms with E-state index < -0.39 is 0 Å². The van der Waals surface area contributed by atoms with Crippen LogP contribution in [0, 0.1) is 0 Å². The lowest BCUT2D eigenvalue weighted by molar-refractivity contribution is 0.0949. The SMILES string of the molecule is CCN(CC)CCNC(=O)c1ccc(-n2ccnc2)cc1.Cl.Cl. The molecule has 2 rings (SSSR count). The molecule has 7 heteroatoms. The summed E-state index contributed by atoms with van der Waals surface area (Å²) >= 11 is 0. The Bertz CT molecular complexity index is 554. The van der Waals surface area contributed by atoms with Gasteiger partial charge < -0.3 is 14.8 Å². The first kappa shape index (κ1) is 21.4. The molecule has 1 amide bonds. The van der Waals surface area contributed by atoms with Crippen molar-refractivity contribution in [3.8, 4) is 5.69 Å². The van der Waals surface area contributed by atoms with Crippen molar-refractivity contribution in [3.05, 3.63) is 48.5 Å². The summed E-state index contributed by atoms with van der Waals surface area (Å²) in [4.78, 5) is 18.3. The Morgan fingerprint density at radius 2 is 1.83 bits per heavy atom. The highest BCUT2D eigenvalue weighted by atomic mass is 35.5. The highest BCUT2D eigenvalue weighted by Gasteiger charge is 2.06. The van der Waals surface area contributed by atoms with Gasteiger partial charge in [-0.15, -0.1) is 24.8 Å². The smallest absolute Gasteiger partial charge is 0.251 e. The standard InChI is InChI=1S/C16H22N4O.2ClH/c1-3-19(4-2)11-10-18-16(21)14-5-7-15(8-6-14)20-12-9-17-13-20;;/h5-9,12-13H,3-4,10-11H2,1-2H3,(H,18,21);2*1H. The van der Waals surface area contributed by atoms with E-state index >= 15 is 0 Å². The molecule has 0 aliphatic rings. The minimum Gasteiger partial charge on any atom is -0.351 e. The van der Waals surface area contributed by atoms with Crippen molar-refractivity contribution in [3.63, 3.8) is 0 Å². The third-order valence-corrected chi connectivity index (χ3v) is 3.54. The average Bonchev–Trinajstić information content (AvgIpc) is 3.06. The lowest BCUT2D eigenvalue weighted by atomic mass is 10.2. The second kappa shape index (κ2) is 11.0. The number of likely N-dealkylation sites (N-methyl/N-ethyl adjacent to an activating group) is 1. The van der Waals surface area contributed by atoms with Crippen molar-refractivity contribution in [1.29, 1.82) is 0 Å². The molecule has 0 atom stereocenters. The minimum atomic E-state index is -0.0284. The van der Waals surface area contributed by atoms with E-state index in [0.717, 1.165) is 25.3 Å². The molecule has 0 aliphatic heterocycles. The van der Waals surface area contributed by atoms with Crippen LogP contribution in [0.2, 0.25) is 0 Å². The van der Waals surface area contributed by atoms with Gasteiger partial charge in [-0.1, -0.05) is 13.8 Å². The number of carbonyl (C=O) groups excluding carboxylic acids is 1. The Labute approximate surface area is 149 Å². The van der Waals surface area contributed by atoms with Crippen LogP contribution in [0.4, 0.5) is 0 Å². The number of halogens is 2. The van der Waals surface area contributed by atoms with Crippen LogP contribution in [0.15, 0.2) is 43.0 Å². The fourth-order valence-corrected chi connectivity index (χ4v) is 2.17. The van der Waals surface area contributed by atoms with Crippen LogP contribution in [0.25, 0.3) is 5.69 Å². The molecule has 128 valence electrons. The molecule has 2 aromatic rings. The zero-order valence-electron chi connectivity index (χ0n) is 13.4. The summed E-state index contributed by atoms with van der Waals surface area (Å²) in [6, 6.07) is 7.51. The fraction of sp³-hybridized carbons (Fsp3) is 0.375. The normalized spacial score (nSPS) is 9.87. The van der Waals surface area contributed by atoms with Crippen LogP contribution >= 0.6 is 24.8 Å². The van der Waals surface area contributed by atoms with E-state index in [9.17, 15) is 4.79 Å². The molecule has 0 radical (unpaired) electrons. The van der Waals surface area contributed by atoms with Crippen LogP contribution in [-0.4, -0.2) is 46.5 Å². The van der Waals surface area contributed by atoms with E-state index in [1.807, 2.05) is 35.0 Å². The molecule has 0 fully saturated rings. The van der Waals surface area contributed by atoms with Gasteiger partial charge in [0.05, 0.1) is 6.33 Å². The van der Waals surface area contributed by atoms with Crippen molar-refractivity contribution in [1.82, 2.24) is 19.8 Å². The molecule has 5 nitrogen and oxygen atoms in total. The molecule has 0 saturated heterocycles. The fourth-order valence-electron chi connectivity index (χ4n) is 2.17. The predicted octanol–water partition coefficient (Wildman–Crippen LogP) is 2.79. The topological polar surface area (TPSA) is 50.2 Å². The first-order chi connectivity index (χ1) is 10.2. The maximum atomic E-state index is 12.1. The summed E-state index contributed by atoms with van der Waals surface area (Å²) in [5, 5.41) is 2.95. The Hall–Kier alpha value is -1.56. The first-order valence-electron chi connectivity index (χ1n) is 7.33. The van der Waals surface area contributed by atoms with Gasteiger partial charge in [-0.3, -0.25) is 4.79 Å². The summed E-state index contributed by atoms with van der Waals surface area (Å²) in [5.74, 6) is -0.0284. The largest absolute Gasteiger partial charge is 0.351 e. The van der Waals surface area contributed by atoms with Gasteiger partial charge in [0.25, 0.3) is 5.91 Å². The Kier molecular flexibility index (Phi) is 10.3. The lowest BCUT2D eigenvalue weighted by Crippen LogP contribution is -2.34. The minimum absolute atomic E-state index is 0. The van der Waals surface area contributed by atoms with Gasteiger partial charge in [0.2, 0.25) is 0 Å². The quantitative estimate of drug-likeness (QED) is 0.827. The number of carbonyl (C=O) groups is 1. The number of imidazole rings is 1. The van der Waals surface area contributed by atoms with E-state index in [4.69, 9.17) is 0 Å². The number of nitrogens with zero attached hydrogens (tertiary/aromatic N) is 3. The summed E-state index contributed by atoms with van der Waals surface area (Å²) in [5.41, 5.74) is 1.67. The first-order valence-corrected chi connectivity index (χ1v) is 7.33. The number of amides is 1. The highest BCUT2D eigenvalue weighted by molar-refractivity contribution is 5.94. The Balaban J connectivity index is 0.00000242. The number of hydrogen-bond donors (Lipinski definition) is 1. The van der Waals surface area contributed by atoms with Gasteiger partial charge in [-0.05, 0) is 37.4 Å². The number of aromatic nitrogens is 2. The maximum absolute atomic E-state index is 12.1. The second-order valence-electron chi connectivity index (χ2n) is 4.80. The lowest BCUT2D eigenvalue weighted by Gasteiger charge is -2.17. The molecule has 1 N–H and O–H groups in total. The molecule has 1 heterocycles. The molecule has 0 unspecified atom stereocenters. The van der Waals surface area contributed by atoms with Gasteiger partial charge in [0.15, 0.2) is 0 Å².